The van der Waals surface area contributed by atoms with Gasteiger partial charge in [-0.3, -0.25) is 0 Å². The van der Waals surface area contributed by atoms with Gasteiger partial charge >= 0.3 is 0 Å². The highest BCUT2D eigenvalue weighted by Crippen LogP contribution is 2.27. The molecule has 2 rings (SSSR count). The van der Waals surface area contributed by atoms with Crippen molar-refractivity contribution >= 4 is 21.7 Å². The number of anilines is 1. The molecule has 0 spiro atoms. The predicted octanol–water partition coefficient (Wildman–Crippen LogP) is 4.39. The minimum Gasteiger partial charge on any atom is -0.496 e. The summed E-state index contributed by atoms with van der Waals surface area (Å²) in [6.07, 6.45) is 1.79. The second kappa shape index (κ2) is 6.27. The highest BCUT2D eigenvalue weighted by Gasteiger charge is 2.10. The summed E-state index contributed by atoms with van der Waals surface area (Å²) in [6.45, 7) is 7.10. The smallest absolute Gasteiger partial charge is 0.126 e. The molecule has 0 atom stereocenters. The second-order valence-corrected chi connectivity index (χ2v) is 5.76. The van der Waals surface area contributed by atoms with E-state index >= 15 is 0 Å². The summed E-state index contributed by atoms with van der Waals surface area (Å²) < 4.78 is 6.38. The molecule has 2 aromatic rings. The first-order valence-electron chi connectivity index (χ1n) is 6.52. The fraction of sp³-hybridized carbons (Fsp3) is 0.312. The predicted molar refractivity (Wildman–Crippen MR) is 86.5 cm³/mol. The van der Waals surface area contributed by atoms with Crippen LogP contribution in [0.3, 0.4) is 0 Å². The van der Waals surface area contributed by atoms with Gasteiger partial charge in [0, 0.05) is 17.2 Å². The lowest BCUT2D eigenvalue weighted by Gasteiger charge is -2.16. The molecule has 0 aliphatic carbocycles. The molecule has 20 heavy (non-hydrogen) atoms. The lowest BCUT2D eigenvalue weighted by Crippen LogP contribution is -2.06. The standard InChI is InChI=1S/C16H19BrN2O/c1-10-7-15(20-4)12(3)11(2)14(10)9-19-16-6-5-13(17)8-18-16/h5-8H,9H2,1-4H3,(H,18,19). The van der Waals surface area contributed by atoms with E-state index < -0.39 is 0 Å². The molecular formula is C16H19BrN2O. The minimum atomic E-state index is 0.761. The number of benzene rings is 1. The molecule has 1 aromatic heterocycles. The molecule has 0 amide bonds. The SMILES string of the molecule is COc1cc(C)c(CNc2ccc(Br)cn2)c(C)c1C. The molecule has 3 nitrogen and oxygen atoms in total. The molecule has 0 radical (unpaired) electrons. The third-order valence-corrected chi connectivity index (χ3v) is 4.07. The quantitative estimate of drug-likeness (QED) is 0.900. The maximum absolute atomic E-state index is 5.40. The number of nitrogens with one attached hydrogen (secondary N) is 1. The zero-order valence-corrected chi connectivity index (χ0v) is 13.8. The van der Waals surface area contributed by atoms with Crippen LogP contribution in [-0.4, -0.2) is 12.1 Å². The van der Waals surface area contributed by atoms with Crippen LogP contribution in [0, 0.1) is 20.8 Å². The van der Waals surface area contributed by atoms with Crippen LogP contribution in [0.1, 0.15) is 22.3 Å². The van der Waals surface area contributed by atoms with Crippen molar-refractivity contribution in [2.75, 3.05) is 12.4 Å². The first kappa shape index (κ1) is 14.9. The number of hydrogen-bond donors (Lipinski definition) is 1. The average Bonchev–Trinajstić information content (AvgIpc) is 2.44. The van der Waals surface area contributed by atoms with Crippen molar-refractivity contribution in [2.45, 2.75) is 27.3 Å². The monoisotopic (exact) mass is 334 g/mol. The fourth-order valence-corrected chi connectivity index (χ4v) is 2.48. The Kier molecular flexibility index (Phi) is 4.65. The van der Waals surface area contributed by atoms with Gasteiger partial charge in [0.25, 0.3) is 0 Å². The molecule has 0 saturated heterocycles. The van der Waals surface area contributed by atoms with Crippen molar-refractivity contribution in [3.63, 3.8) is 0 Å². The Labute approximate surface area is 128 Å². The number of pyridine rings is 1. The van der Waals surface area contributed by atoms with Crippen molar-refractivity contribution in [1.82, 2.24) is 4.98 Å². The van der Waals surface area contributed by atoms with Gasteiger partial charge in [-0.15, -0.1) is 0 Å². The van der Waals surface area contributed by atoms with E-state index in [2.05, 4.69) is 53.1 Å². The Balaban J connectivity index is 2.21. The van der Waals surface area contributed by atoms with Crippen LogP contribution in [0.4, 0.5) is 5.82 Å². The molecule has 0 aliphatic rings. The van der Waals surface area contributed by atoms with Crippen molar-refractivity contribution in [1.29, 1.82) is 0 Å². The molecule has 106 valence electrons. The molecule has 1 heterocycles. The Bertz CT molecular complexity index is 609. The van der Waals surface area contributed by atoms with Crippen LogP contribution in [0.2, 0.25) is 0 Å². The molecule has 1 N–H and O–H groups in total. The number of rotatable bonds is 4. The van der Waals surface area contributed by atoms with Crippen molar-refractivity contribution in [3.05, 3.63) is 51.1 Å². The number of aromatic nitrogens is 1. The normalized spacial score (nSPS) is 10.4. The van der Waals surface area contributed by atoms with E-state index in [1.54, 1.807) is 13.3 Å². The molecule has 0 unspecified atom stereocenters. The van der Waals surface area contributed by atoms with E-state index in [9.17, 15) is 0 Å². The zero-order valence-electron chi connectivity index (χ0n) is 12.2. The lowest BCUT2D eigenvalue weighted by molar-refractivity contribution is 0.410. The number of nitrogens with zero attached hydrogens (tertiary/aromatic N) is 1. The lowest BCUT2D eigenvalue weighted by atomic mass is 9.97. The second-order valence-electron chi connectivity index (χ2n) is 4.84. The highest BCUT2D eigenvalue weighted by atomic mass is 79.9. The molecule has 0 aliphatic heterocycles. The molecular weight excluding hydrogens is 316 g/mol. The van der Waals surface area contributed by atoms with Crippen LogP contribution in [0.5, 0.6) is 5.75 Å². The fourth-order valence-electron chi connectivity index (χ4n) is 2.24. The van der Waals surface area contributed by atoms with Gasteiger partial charge in [-0.1, -0.05) is 0 Å². The molecule has 0 bridgehead atoms. The van der Waals surface area contributed by atoms with E-state index in [-0.39, 0.29) is 0 Å². The first-order chi connectivity index (χ1) is 9.52. The van der Waals surface area contributed by atoms with Crippen LogP contribution in [-0.2, 0) is 6.54 Å². The number of hydrogen-bond acceptors (Lipinski definition) is 3. The Morgan fingerprint density at radius 3 is 2.55 bits per heavy atom. The van der Waals surface area contributed by atoms with Gasteiger partial charge in [-0.25, -0.2) is 4.98 Å². The summed E-state index contributed by atoms with van der Waals surface area (Å²) in [5.41, 5.74) is 4.99. The van der Waals surface area contributed by atoms with Crippen LogP contribution >= 0.6 is 15.9 Å². The number of aryl methyl sites for hydroxylation is 1. The van der Waals surface area contributed by atoms with Gasteiger partial charge < -0.3 is 10.1 Å². The van der Waals surface area contributed by atoms with Gasteiger partial charge in [0.2, 0.25) is 0 Å². The maximum Gasteiger partial charge on any atom is 0.126 e. The van der Waals surface area contributed by atoms with Crippen molar-refractivity contribution < 1.29 is 4.74 Å². The number of halogens is 1. The molecule has 0 fully saturated rings. The first-order valence-corrected chi connectivity index (χ1v) is 7.31. The van der Waals surface area contributed by atoms with Crippen LogP contribution < -0.4 is 10.1 Å². The summed E-state index contributed by atoms with van der Waals surface area (Å²) in [5, 5.41) is 3.36. The van der Waals surface area contributed by atoms with Crippen molar-refractivity contribution in [3.8, 4) is 5.75 Å². The van der Waals surface area contributed by atoms with E-state index in [1.807, 2.05) is 12.1 Å². The zero-order chi connectivity index (χ0) is 14.7. The number of ether oxygens (including phenoxy) is 1. The van der Waals surface area contributed by atoms with Gasteiger partial charge in [0.15, 0.2) is 0 Å². The minimum absolute atomic E-state index is 0.761. The van der Waals surface area contributed by atoms with Crippen LogP contribution in [0.25, 0.3) is 0 Å². The third kappa shape index (κ3) is 3.12. The third-order valence-electron chi connectivity index (χ3n) is 3.60. The van der Waals surface area contributed by atoms with E-state index in [1.165, 1.54) is 22.3 Å². The van der Waals surface area contributed by atoms with Crippen LogP contribution in [0.15, 0.2) is 28.9 Å². The van der Waals surface area contributed by atoms with Gasteiger partial charge in [-0.05, 0) is 77.2 Å². The highest BCUT2D eigenvalue weighted by molar-refractivity contribution is 9.10. The van der Waals surface area contributed by atoms with Crippen molar-refractivity contribution in [2.24, 2.45) is 0 Å². The number of methoxy groups -OCH3 is 1. The topological polar surface area (TPSA) is 34.1 Å². The molecule has 1 aromatic carbocycles. The molecule has 4 heteroatoms. The largest absolute Gasteiger partial charge is 0.496 e. The Hall–Kier alpha value is -1.55. The Morgan fingerprint density at radius 1 is 1.20 bits per heavy atom. The summed E-state index contributed by atoms with van der Waals surface area (Å²) in [7, 11) is 1.71. The summed E-state index contributed by atoms with van der Waals surface area (Å²) in [5.74, 6) is 1.82. The summed E-state index contributed by atoms with van der Waals surface area (Å²) in [4.78, 5) is 4.33. The summed E-state index contributed by atoms with van der Waals surface area (Å²) >= 11 is 3.39. The van der Waals surface area contributed by atoms with E-state index in [4.69, 9.17) is 4.74 Å². The van der Waals surface area contributed by atoms with Gasteiger partial charge in [-0.2, -0.15) is 0 Å². The van der Waals surface area contributed by atoms with Gasteiger partial charge in [0.1, 0.15) is 11.6 Å². The average molecular weight is 335 g/mol. The van der Waals surface area contributed by atoms with Gasteiger partial charge in [0.05, 0.1) is 7.11 Å². The van der Waals surface area contributed by atoms with E-state index in [0.717, 1.165) is 22.6 Å². The van der Waals surface area contributed by atoms with E-state index in [0.29, 0.717) is 0 Å². The maximum atomic E-state index is 5.40. The molecule has 0 saturated carbocycles. The Morgan fingerprint density at radius 2 is 1.95 bits per heavy atom. The summed E-state index contributed by atoms with van der Waals surface area (Å²) in [6, 6.07) is 6.04.